The SMILES string of the molecule is CC1=C(C(=O)OCc2ccccc2)[C@@H](c2ccccc2F)N2C(CC(=O)NCC3CC3)=CSC2=N1. The monoisotopic (exact) mass is 491 g/mol. The molecule has 2 heterocycles. The molecule has 2 aliphatic heterocycles. The van der Waals surface area contributed by atoms with Gasteiger partial charge in [-0.05, 0) is 42.7 Å². The Hall–Kier alpha value is -3.39. The molecule has 8 heteroatoms. The lowest BCUT2D eigenvalue weighted by Gasteiger charge is -2.36. The molecule has 1 aliphatic carbocycles. The number of fused-ring (bicyclic) bond motifs is 1. The van der Waals surface area contributed by atoms with Crippen LogP contribution in [0.15, 0.2) is 82.0 Å². The highest BCUT2D eigenvalue weighted by atomic mass is 32.2. The highest BCUT2D eigenvalue weighted by Gasteiger charge is 2.42. The minimum atomic E-state index is -0.788. The summed E-state index contributed by atoms with van der Waals surface area (Å²) >= 11 is 1.37. The van der Waals surface area contributed by atoms with Crippen LogP contribution in [0.4, 0.5) is 4.39 Å². The van der Waals surface area contributed by atoms with Crippen LogP contribution in [0, 0.1) is 11.7 Å². The van der Waals surface area contributed by atoms with Crippen molar-refractivity contribution in [3.05, 3.63) is 93.9 Å². The number of hydrogen-bond donors (Lipinski definition) is 1. The third-order valence-electron chi connectivity index (χ3n) is 6.26. The fourth-order valence-corrected chi connectivity index (χ4v) is 5.19. The third kappa shape index (κ3) is 5.17. The van der Waals surface area contributed by atoms with Crippen LogP contribution >= 0.6 is 11.8 Å². The van der Waals surface area contributed by atoms with Crippen molar-refractivity contribution in [2.24, 2.45) is 10.9 Å². The van der Waals surface area contributed by atoms with Gasteiger partial charge >= 0.3 is 5.97 Å². The van der Waals surface area contributed by atoms with Gasteiger partial charge in [0.15, 0.2) is 5.17 Å². The molecule has 5 rings (SSSR count). The summed E-state index contributed by atoms with van der Waals surface area (Å²) in [6.07, 6.45) is 2.42. The Morgan fingerprint density at radius 3 is 2.63 bits per heavy atom. The number of allylic oxidation sites excluding steroid dienone is 1. The van der Waals surface area contributed by atoms with Crippen molar-refractivity contribution < 1.29 is 18.7 Å². The summed E-state index contributed by atoms with van der Waals surface area (Å²) in [5, 5.41) is 5.45. The molecule has 2 aromatic rings. The van der Waals surface area contributed by atoms with Gasteiger partial charge in [-0.15, -0.1) is 0 Å². The standard InChI is InChI=1S/C27H26FN3O3S/c1-17-24(26(33)34-15-19-7-3-2-4-8-19)25(21-9-5-6-10-22(21)28)31-20(16-35-27(31)30-17)13-23(32)29-14-18-11-12-18/h2-10,16,18,25H,11-15H2,1H3,(H,29,32)/t25-/m1/s1. The van der Waals surface area contributed by atoms with Gasteiger partial charge in [0.25, 0.3) is 0 Å². The van der Waals surface area contributed by atoms with Crippen LogP contribution in [0.1, 0.15) is 43.4 Å². The predicted molar refractivity (Wildman–Crippen MR) is 133 cm³/mol. The van der Waals surface area contributed by atoms with E-state index in [1.165, 1.54) is 17.8 Å². The summed E-state index contributed by atoms with van der Waals surface area (Å²) in [5.41, 5.74) is 2.60. The van der Waals surface area contributed by atoms with Crippen molar-refractivity contribution >= 4 is 28.8 Å². The van der Waals surface area contributed by atoms with Crippen LogP contribution in [-0.2, 0) is 20.9 Å². The van der Waals surface area contributed by atoms with Gasteiger partial charge in [0.05, 0.1) is 23.7 Å². The average Bonchev–Trinajstić information content (AvgIpc) is 3.62. The topological polar surface area (TPSA) is 71.0 Å². The number of nitrogens with one attached hydrogen (secondary N) is 1. The normalized spacial score (nSPS) is 19.1. The summed E-state index contributed by atoms with van der Waals surface area (Å²) < 4.78 is 20.8. The van der Waals surface area contributed by atoms with E-state index in [0.29, 0.717) is 34.6 Å². The highest BCUT2D eigenvalue weighted by Crippen LogP contribution is 2.45. The average molecular weight is 492 g/mol. The van der Waals surface area contributed by atoms with Gasteiger partial charge in [-0.1, -0.05) is 60.3 Å². The molecule has 0 aromatic heterocycles. The van der Waals surface area contributed by atoms with Gasteiger partial charge < -0.3 is 15.0 Å². The molecule has 2 aromatic carbocycles. The maximum absolute atomic E-state index is 15.1. The zero-order valence-electron chi connectivity index (χ0n) is 19.4. The number of amidine groups is 1. The lowest BCUT2D eigenvalue weighted by molar-refractivity contribution is -0.141. The van der Waals surface area contributed by atoms with Crippen LogP contribution in [0.3, 0.4) is 0 Å². The van der Waals surface area contributed by atoms with Crippen molar-refractivity contribution in [2.45, 2.75) is 38.8 Å². The van der Waals surface area contributed by atoms with E-state index in [9.17, 15) is 9.59 Å². The first-order chi connectivity index (χ1) is 17.0. The quantitative estimate of drug-likeness (QED) is 0.523. The number of amides is 1. The van der Waals surface area contributed by atoms with E-state index in [1.54, 1.807) is 30.0 Å². The number of thioether (sulfide) groups is 1. The van der Waals surface area contributed by atoms with E-state index in [1.807, 2.05) is 35.7 Å². The number of benzene rings is 2. The van der Waals surface area contributed by atoms with Crippen molar-refractivity contribution in [1.29, 1.82) is 0 Å². The molecule has 35 heavy (non-hydrogen) atoms. The second-order valence-electron chi connectivity index (χ2n) is 8.90. The fourth-order valence-electron chi connectivity index (χ4n) is 4.23. The minimum Gasteiger partial charge on any atom is -0.457 e. The van der Waals surface area contributed by atoms with Gasteiger partial charge in [-0.3, -0.25) is 4.79 Å². The molecule has 0 radical (unpaired) electrons. The van der Waals surface area contributed by atoms with E-state index in [0.717, 1.165) is 18.4 Å². The molecule has 1 fully saturated rings. The van der Waals surface area contributed by atoms with Crippen molar-refractivity contribution in [1.82, 2.24) is 10.2 Å². The zero-order chi connectivity index (χ0) is 24.4. The van der Waals surface area contributed by atoms with E-state index >= 15 is 4.39 Å². The smallest absolute Gasteiger partial charge is 0.338 e. The van der Waals surface area contributed by atoms with Gasteiger partial charge in [0, 0.05) is 17.8 Å². The molecule has 1 amide bonds. The molecule has 1 saturated carbocycles. The number of esters is 1. The number of carbonyl (C=O) groups is 2. The Labute approximate surface area is 207 Å². The van der Waals surface area contributed by atoms with Crippen LogP contribution in [-0.4, -0.2) is 28.5 Å². The van der Waals surface area contributed by atoms with Gasteiger partial charge in [0.1, 0.15) is 12.4 Å². The zero-order valence-corrected chi connectivity index (χ0v) is 20.2. The van der Waals surface area contributed by atoms with E-state index in [4.69, 9.17) is 4.74 Å². The molecule has 0 unspecified atom stereocenters. The number of carbonyl (C=O) groups excluding carboxylic acids is 2. The Balaban J connectivity index is 1.44. The summed E-state index contributed by atoms with van der Waals surface area (Å²) in [6.45, 7) is 2.50. The number of rotatable bonds is 8. The molecule has 1 atom stereocenters. The van der Waals surface area contributed by atoms with Crippen molar-refractivity contribution in [3.63, 3.8) is 0 Å². The second kappa shape index (κ2) is 10.1. The van der Waals surface area contributed by atoms with Crippen LogP contribution in [0.5, 0.6) is 0 Å². The van der Waals surface area contributed by atoms with Gasteiger partial charge in [-0.2, -0.15) is 0 Å². The number of aliphatic imine (C=N–C) groups is 1. The number of nitrogens with zero attached hydrogens (tertiary/aromatic N) is 2. The first-order valence-corrected chi connectivity index (χ1v) is 12.6. The highest BCUT2D eigenvalue weighted by molar-refractivity contribution is 8.16. The van der Waals surface area contributed by atoms with Crippen molar-refractivity contribution in [3.8, 4) is 0 Å². The van der Waals surface area contributed by atoms with Crippen LogP contribution in [0.2, 0.25) is 0 Å². The molecule has 0 saturated heterocycles. The van der Waals surface area contributed by atoms with E-state index < -0.39 is 17.8 Å². The van der Waals surface area contributed by atoms with E-state index in [2.05, 4.69) is 10.3 Å². The van der Waals surface area contributed by atoms with Crippen LogP contribution in [0.25, 0.3) is 0 Å². The largest absolute Gasteiger partial charge is 0.457 e. The molecular weight excluding hydrogens is 465 g/mol. The molecule has 6 nitrogen and oxygen atoms in total. The lowest BCUT2D eigenvalue weighted by Crippen LogP contribution is -2.38. The molecule has 0 spiro atoms. The minimum absolute atomic E-state index is 0.0953. The first-order valence-electron chi connectivity index (χ1n) is 11.7. The number of hydrogen-bond acceptors (Lipinski definition) is 6. The molecule has 180 valence electrons. The Morgan fingerprint density at radius 1 is 1.14 bits per heavy atom. The Morgan fingerprint density at radius 2 is 1.89 bits per heavy atom. The maximum atomic E-state index is 15.1. The summed E-state index contributed by atoms with van der Waals surface area (Å²) in [6, 6.07) is 15.0. The Bertz CT molecular complexity index is 1240. The molecule has 0 bridgehead atoms. The summed E-state index contributed by atoms with van der Waals surface area (Å²) in [5.74, 6) is -0.524. The number of halogens is 1. The summed E-state index contributed by atoms with van der Waals surface area (Å²) in [4.78, 5) is 32.4. The molecule has 1 N–H and O–H groups in total. The third-order valence-corrected chi connectivity index (χ3v) is 7.15. The molecule has 3 aliphatic rings. The molecular formula is C27H26FN3O3S. The van der Waals surface area contributed by atoms with Crippen LogP contribution < -0.4 is 5.32 Å². The summed E-state index contributed by atoms with van der Waals surface area (Å²) in [7, 11) is 0. The van der Waals surface area contributed by atoms with E-state index in [-0.39, 0.29) is 24.5 Å². The number of ether oxygens (including phenoxy) is 1. The predicted octanol–water partition coefficient (Wildman–Crippen LogP) is 5.06. The maximum Gasteiger partial charge on any atom is 0.338 e. The Kier molecular flexibility index (Phi) is 6.72. The van der Waals surface area contributed by atoms with Gasteiger partial charge in [0.2, 0.25) is 5.91 Å². The van der Waals surface area contributed by atoms with Crippen molar-refractivity contribution in [2.75, 3.05) is 6.54 Å². The fraction of sp³-hybridized carbons (Fsp3) is 0.296. The second-order valence-corrected chi connectivity index (χ2v) is 9.74. The van der Waals surface area contributed by atoms with Gasteiger partial charge in [-0.25, -0.2) is 14.2 Å². The first kappa shape index (κ1) is 23.4. The lowest BCUT2D eigenvalue weighted by atomic mass is 9.93.